The standard InChI is InChI=1S/C18H22N4O4/c1-11(23)20-18(2,3)17-19-16(26-21-17)15-14(12-8-6-5-7-9-12)22(4)13(24)10-25-15/h5-9,14-15H,10H2,1-4H3,(H,20,23). The summed E-state index contributed by atoms with van der Waals surface area (Å²) in [4.78, 5) is 29.6. The summed E-state index contributed by atoms with van der Waals surface area (Å²) in [5, 5.41) is 6.79. The fraction of sp³-hybridized carbons (Fsp3) is 0.444. The fourth-order valence-corrected chi connectivity index (χ4v) is 3.07. The third kappa shape index (κ3) is 3.45. The first-order valence-corrected chi connectivity index (χ1v) is 8.34. The minimum absolute atomic E-state index is 0.0582. The Morgan fingerprint density at radius 3 is 2.65 bits per heavy atom. The number of likely N-dealkylation sites (N-methyl/N-ethyl adjacent to an activating group) is 1. The lowest BCUT2D eigenvalue weighted by molar-refractivity contribution is -0.157. The molecule has 2 unspecified atom stereocenters. The van der Waals surface area contributed by atoms with Crippen molar-refractivity contribution in [3.05, 3.63) is 47.6 Å². The quantitative estimate of drug-likeness (QED) is 0.894. The van der Waals surface area contributed by atoms with E-state index < -0.39 is 11.6 Å². The number of rotatable bonds is 4. The van der Waals surface area contributed by atoms with Gasteiger partial charge in [-0.3, -0.25) is 9.59 Å². The van der Waals surface area contributed by atoms with E-state index >= 15 is 0 Å². The maximum atomic E-state index is 12.1. The van der Waals surface area contributed by atoms with Crippen molar-refractivity contribution >= 4 is 11.8 Å². The predicted octanol–water partition coefficient (Wildman–Crippen LogP) is 1.71. The second-order valence-corrected chi connectivity index (χ2v) is 6.85. The Kier molecular flexibility index (Phi) is 4.78. The molecule has 1 aromatic heterocycles. The predicted molar refractivity (Wildman–Crippen MR) is 91.8 cm³/mol. The monoisotopic (exact) mass is 358 g/mol. The Balaban J connectivity index is 1.94. The van der Waals surface area contributed by atoms with Crippen molar-refractivity contribution in [3.8, 4) is 0 Å². The number of morpholine rings is 1. The van der Waals surface area contributed by atoms with Gasteiger partial charge in [0, 0.05) is 14.0 Å². The highest BCUT2D eigenvalue weighted by Crippen LogP contribution is 2.38. The summed E-state index contributed by atoms with van der Waals surface area (Å²) in [7, 11) is 1.73. The van der Waals surface area contributed by atoms with Crippen molar-refractivity contribution in [2.24, 2.45) is 0 Å². The molecular weight excluding hydrogens is 336 g/mol. The summed E-state index contributed by atoms with van der Waals surface area (Å²) >= 11 is 0. The molecule has 2 heterocycles. The zero-order chi connectivity index (χ0) is 18.9. The van der Waals surface area contributed by atoms with Gasteiger partial charge in [-0.15, -0.1) is 0 Å². The molecular formula is C18H22N4O4. The van der Waals surface area contributed by atoms with Crippen molar-refractivity contribution in [2.75, 3.05) is 13.7 Å². The molecule has 0 aliphatic carbocycles. The number of benzene rings is 1. The van der Waals surface area contributed by atoms with Crippen LogP contribution in [0.1, 0.15) is 50.2 Å². The Bertz CT molecular complexity index is 803. The molecule has 0 radical (unpaired) electrons. The number of carbonyl (C=O) groups is 2. The van der Waals surface area contributed by atoms with Crippen molar-refractivity contribution in [1.82, 2.24) is 20.4 Å². The van der Waals surface area contributed by atoms with Crippen LogP contribution in [-0.2, 0) is 19.9 Å². The van der Waals surface area contributed by atoms with Gasteiger partial charge in [0.15, 0.2) is 11.9 Å². The van der Waals surface area contributed by atoms with Crippen molar-refractivity contribution < 1.29 is 18.8 Å². The van der Waals surface area contributed by atoms with Gasteiger partial charge in [-0.1, -0.05) is 35.5 Å². The van der Waals surface area contributed by atoms with Crippen LogP contribution in [0, 0.1) is 0 Å². The normalized spacial score (nSPS) is 20.9. The molecule has 0 spiro atoms. The van der Waals surface area contributed by atoms with E-state index in [1.807, 2.05) is 30.3 Å². The molecule has 8 heteroatoms. The average molecular weight is 358 g/mol. The molecule has 26 heavy (non-hydrogen) atoms. The van der Waals surface area contributed by atoms with Gasteiger partial charge in [0.25, 0.3) is 5.89 Å². The number of amides is 2. The van der Waals surface area contributed by atoms with Crippen LogP contribution >= 0.6 is 0 Å². The van der Waals surface area contributed by atoms with E-state index in [1.54, 1.807) is 25.8 Å². The fourth-order valence-electron chi connectivity index (χ4n) is 3.07. The first kappa shape index (κ1) is 18.1. The van der Waals surface area contributed by atoms with Crippen LogP contribution in [0.4, 0.5) is 0 Å². The maximum Gasteiger partial charge on any atom is 0.258 e. The molecule has 2 aromatic rings. The minimum atomic E-state index is -0.786. The first-order chi connectivity index (χ1) is 12.3. The van der Waals surface area contributed by atoms with Gasteiger partial charge in [-0.25, -0.2) is 0 Å². The molecule has 1 aromatic carbocycles. The molecule has 1 aliphatic heterocycles. The summed E-state index contributed by atoms with van der Waals surface area (Å²) in [6, 6.07) is 9.18. The lowest BCUT2D eigenvalue weighted by Crippen LogP contribution is -2.43. The van der Waals surface area contributed by atoms with Crippen LogP contribution in [0.5, 0.6) is 0 Å². The van der Waals surface area contributed by atoms with Gasteiger partial charge in [-0.2, -0.15) is 4.98 Å². The maximum absolute atomic E-state index is 12.1. The highest BCUT2D eigenvalue weighted by Gasteiger charge is 2.41. The molecule has 1 fully saturated rings. The zero-order valence-corrected chi connectivity index (χ0v) is 15.2. The van der Waals surface area contributed by atoms with Crippen LogP contribution < -0.4 is 5.32 Å². The summed E-state index contributed by atoms with van der Waals surface area (Å²) in [5.74, 6) is 0.306. The Labute approximate surface area is 151 Å². The Morgan fingerprint density at radius 1 is 1.31 bits per heavy atom. The number of carbonyl (C=O) groups excluding carboxylic acids is 2. The van der Waals surface area contributed by atoms with Crippen LogP contribution in [0.3, 0.4) is 0 Å². The van der Waals surface area contributed by atoms with Gasteiger partial charge in [0.05, 0.1) is 11.6 Å². The minimum Gasteiger partial charge on any atom is -0.356 e. The summed E-state index contributed by atoms with van der Waals surface area (Å²) in [6.07, 6.45) is -0.588. The molecule has 1 saturated heterocycles. The van der Waals surface area contributed by atoms with Crippen molar-refractivity contribution in [3.63, 3.8) is 0 Å². The largest absolute Gasteiger partial charge is 0.356 e. The Morgan fingerprint density at radius 2 is 2.00 bits per heavy atom. The van der Waals surface area contributed by atoms with E-state index in [0.717, 1.165) is 5.56 Å². The number of ether oxygens (including phenoxy) is 1. The van der Waals surface area contributed by atoms with Gasteiger partial charge < -0.3 is 19.5 Å². The molecule has 0 bridgehead atoms. The molecule has 1 N–H and O–H groups in total. The number of aromatic nitrogens is 2. The van der Waals surface area contributed by atoms with E-state index in [1.165, 1.54) is 6.92 Å². The lowest BCUT2D eigenvalue weighted by Gasteiger charge is -2.37. The second kappa shape index (κ2) is 6.87. The van der Waals surface area contributed by atoms with Crippen molar-refractivity contribution in [1.29, 1.82) is 0 Å². The third-order valence-corrected chi connectivity index (χ3v) is 4.36. The van der Waals surface area contributed by atoms with Gasteiger partial charge in [-0.05, 0) is 19.4 Å². The number of nitrogens with zero attached hydrogens (tertiary/aromatic N) is 3. The summed E-state index contributed by atoms with van der Waals surface area (Å²) in [5.41, 5.74) is 0.126. The third-order valence-electron chi connectivity index (χ3n) is 4.36. The highest BCUT2D eigenvalue weighted by molar-refractivity contribution is 5.78. The number of hydrogen-bond acceptors (Lipinski definition) is 6. The zero-order valence-electron chi connectivity index (χ0n) is 15.2. The van der Waals surface area contributed by atoms with E-state index in [2.05, 4.69) is 15.5 Å². The van der Waals surface area contributed by atoms with E-state index in [9.17, 15) is 9.59 Å². The van der Waals surface area contributed by atoms with E-state index in [0.29, 0.717) is 5.82 Å². The van der Waals surface area contributed by atoms with E-state index in [4.69, 9.17) is 9.26 Å². The molecule has 2 atom stereocenters. The van der Waals surface area contributed by atoms with Crippen LogP contribution in [0.2, 0.25) is 0 Å². The topological polar surface area (TPSA) is 97.6 Å². The second-order valence-electron chi connectivity index (χ2n) is 6.85. The molecule has 8 nitrogen and oxygen atoms in total. The molecule has 3 rings (SSSR count). The number of hydrogen-bond donors (Lipinski definition) is 1. The highest BCUT2D eigenvalue weighted by atomic mass is 16.5. The molecule has 2 amide bonds. The molecule has 138 valence electrons. The van der Waals surface area contributed by atoms with Crippen LogP contribution in [0.15, 0.2) is 34.9 Å². The summed E-state index contributed by atoms with van der Waals surface area (Å²) in [6.45, 7) is 4.94. The smallest absolute Gasteiger partial charge is 0.258 e. The number of nitrogens with one attached hydrogen (secondary N) is 1. The first-order valence-electron chi connectivity index (χ1n) is 8.34. The van der Waals surface area contributed by atoms with Crippen LogP contribution in [0.25, 0.3) is 0 Å². The lowest BCUT2D eigenvalue weighted by atomic mass is 9.98. The SMILES string of the molecule is CC(=O)NC(C)(C)c1noc(C2OCC(=O)N(C)C2c2ccccc2)n1. The van der Waals surface area contributed by atoms with Gasteiger partial charge >= 0.3 is 0 Å². The molecule has 0 saturated carbocycles. The van der Waals surface area contributed by atoms with Crippen molar-refractivity contribution in [2.45, 2.75) is 38.5 Å². The Hall–Kier alpha value is -2.74. The van der Waals surface area contributed by atoms with E-state index in [-0.39, 0.29) is 30.4 Å². The van der Waals surface area contributed by atoms with Crippen LogP contribution in [-0.4, -0.2) is 40.5 Å². The summed E-state index contributed by atoms with van der Waals surface area (Å²) < 4.78 is 11.2. The van der Waals surface area contributed by atoms with Gasteiger partial charge in [0.2, 0.25) is 11.8 Å². The molecule has 1 aliphatic rings. The van der Waals surface area contributed by atoms with Gasteiger partial charge in [0.1, 0.15) is 6.61 Å². The average Bonchev–Trinajstić information content (AvgIpc) is 3.07.